The maximum atomic E-state index is 12.0. The average molecular weight is 347 g/mol. The Kier molecular flexibility index (Phi) is 4.20. The number of nitrogens with zero attached hydrogens (tertiary/aromatic N) is 1. The third-order valence-corrected chi connectivity index (χ3v) is 3.85. The Bertz CT molecular complexity index is 659. The zero-order valence-corrected chi connectivity index (χ0v) is 13.0. The zero-order chi connectivity index (χ0) is 14.7. The minimum Gasteiger partial charge on any atom is -0.493 e. The van der Waals surface area contributed by atoms with Crippen LogP contribution in [0.15, 0.2) is 41.1 Å². The number of aromatic nitrogens is 1. The SMILES string of the molecule is O=C(Cc1cccnc1)NCc1cc(Br)cc2c1OCC2. The Morgan fingerprint density at radius 3 is 3.14 bits per heavy atom. The van der Waals surface area contributed by atoms with E-state index in [0.29, 0.717) is 19.6 Å². The molecule has 21 heavy (non-hydrogen) atoms. The maximum absolute atomic E-state index is 12.0. The largest absolute Gasteiger partial charge is 0.493 e. The van der Waals surface area contributed by atoms with Gasteiger partial charge in [0, 0.05) is 35.4 Å². The Hall–Kier alpha value is -1.88. The van der Waals surface area contributed by atoms with E-state index in [4.69, 9.17) is 4.74 Å². The van der Waals surface area contributed by atoms with Gasteiger partial charge in [-0.15, -0.1) is 0 Å². The zero-order valence-electron chi connectivity index (χ0n) is 11.4. The normalized spacial score (nSPS) is 12.6. The highest BCUT2D eigenvalue weighted by Gasteiger charge is 2.17. The summed E-state index contributed by atoms with van der Waals surface area (Å²) in [5.41, 5.74) is 3.11. The monoisotopic (exact) mass is 346 g/mol. The van der Waals surface area contributed by atoms with Gasteiger partial charge < -0.3 is 10.1 Å². The van der Waals surface area contributed by atoms with Crippen LogP contribution in [0, 0.1) is 0 Å². The molecule has 1 aliphatic heterocycles. The first kappa shape index (κ1) is 14.1. The smallest absolute Gasteiger partial charge is 0.224 e. The number of rotatable bonds is 4. The molecular formula is C16H15BrN2O2. The Morgan fingerprint density at radius 2 is 2.33 bits per heavy atom. The van der Waals surface area contributed by atoms with Gasteiger partial charge in [0.2, 0.25) is 5.91 Å². The fraction of sp³-hybridized carbons (Fsp3) is 0.250. The number of carbonyl (C=O) groups is 1. The van der Waals surface area contributed by atoms with E-state index in [1.165, 1.54) is 5.56 Å². The number of hydrogen-bond donors (Lipinski definition) is 1. The summed E-state index contributed by atoms with van der Waals surface area (Å²) in [7, 11) is 0. The predicted molar refractivity (Wildman–Crippen MR) is 83.1 cm³/mol. The summed E-state index contributed by atoms with van der Waals surface area (Å²) in [6, 6.07) is 7.79. The van der Waals surface area contributed by atoms with E-state index in [0.717, 1.165) is 27.8 Å². The summed E-state index contributed by atoms with van der Waals surface area (Å²) >= 11 is 3.50. The van der Waals surface area contributed by atoms with Crippen molar-refractivity contribution in [3.05, 3.63) is 57.8 Å². The van der Waals surface area contributed by atoms with Gasteiger partial charge >= 0.3 is 0 Å². The van der Waals surface area contributed by atoms with Crippen molar-refractivity contribution in [2.24, 2.45) is 0 Å². The molecule has 1 N–H and O–H groups in total. The first-order chi connectivity index (χ1) is 10.2. The number of nitrogens with one attached hydrogen (secondary N) is 1. The number of carbonyl (C=O) groups excluding carboxylic acids is 1. The van der Waals surface area contributed by atoms with Crippen LogP contribution in [-0.4, -0.2) is 17.5 Å². The molecule has 3 rings (SSSR count). The summed E-state index contributed by atoms with van der Waals surface area (Å²) in [6.07, 6.45) is 4.67. The lowest BCUT2D eigenvalue weighted by Gasteiger charge is -2.10. The fourth-order valence-electron chi connectivity index (χ4n) is 2.42. The number of fused-ring (bicyclic) bond motifs is 1. The van der Waals surface area contributed by atoms with E-state index in [1.54, 1.807) is 12.4 Å². The molecule has 4 nitrogen and oxygen atoms in total. The van der Waals surface area contributed by atoms with Gasteiger partial charge in [0.25, 0.3) is 0 Å². The van der Waals surface area contributed by atoms with Crippen molar-refractivity contribution in [2.75, 3.05) is 6.61 Å². The second-order valence-corrected chi connectivity index (χ2v) is 5.88. The van der Waals surface area contributed by atoms with Crippen molar-refractivity contribution in [2.45, 2.75) is 19.4 Å². The molecule has 2 aromatic rings. The molecule has 0 bridgehead atoms. The molecule has 1 aromatic carbocycles. The highest BCUT2D eigenvalue weighted by Crippen LogP contribution is 2.32. The Labute approximate surface area is 131 Å². The van der Waals surface area contributed by atoms with Crippen LogP contribution in [0.25, 0.3) is 0 Å². The second-order valence-electron chi connectivity index (χ2n) is 4.97. The third-order valence-electron chi connectivity index (χ3n) is 3.39. The molecule has 0 aliphatic carbocycles. The van der Waals surface area contributed by atoms with Gasteiger partial charge in [-0.2, -0.15) is 0 Å². The Balaban J connectivity index is 1.64. The van der Waals surface area contributed by atoms with Gasteiger partial charge in [-0.05, 0) is 29.3 Å². The number of hydrogen-bond acceptors (Lipinski definition) is 3. The fourth-order valence-corrected chi connectivity index (χ4v) is 2.97. The van der Waals surface area contributed by atoms with Crippen molar-refractivity contribution in [1.29, 1.82) is 0 Å². The first-order valence-electron chi connectivity index (χ1n) is 6.82. The average Bonchev–Trinajstić information content (AvgIpc) is 2.94. The minimum atomic E-state index is -0.0188. The molecule has 0 radical (unpaired) electrons. The van der Waals surface area contributed by atoms with Gasteiger partial charge in [-0.25, -0.2) is 0 Å². The van der Waals surface area contributed by atoms with E-state index >= 15 is 0 Å². The van der Waals surface area contributed by atoms with E-state index in [2.05, 4.69) is 32.3 Å². The molecule has 1 aliphatic rings. The maximum Gasteiger partial charge on any atom is 0.224 e. The molecular weight excluding hydrogens is 332 g/mol. The summed E-state index contributed by atoms with van der Waals surface area (Å²) in [5.74, 6) is 0.898. The lowest BCUT2D eigenvalue weighted by Crippen LogP contribution is -2.24. The van der Waals surface area contributed by atoms with Gasteiger partial charge in [-0.1, -0.05) is 22.0 Å². The van der Waals surface area contributed by atoms with E-state index in [9.17, 15) is 4.79 Å². The summed E-state index contributed by atoms with van der Waals surface area (Å²) in [5, 5.41) is 2.94. The third kappa shape index (κ3) is 3.42. The number of pyridine rings is 1. The molecule has 2 heterocycles. The number of halogens is 1. The van der Waals surface area contributed by atoms with Gasteiger partial charge in [0.15, 0.2) is 0 Å². The second kappa shape index (κ2) is 6.26. The molecule has 0 unspecified atom stereocenters. The molecule has 0 saturated heterocycles. The van der Waals surface area contributed by atoms with Crippen molar-refractivity contribution in [3.63, 3.8) is 0 Å². The van der Waals surface area contributed by atoms with Crippen molar-refractivity contribution >= 4 is 21.8 Å². The molecule has 1 aromatic heterocycles. The van der Waals surface area contributed by atoms with Crippen LogP contribution in [0.2, 0.25) is 0 Å². The number of amides is 1. The molecule has 0 spiro atoms. The summed E-state index contributed by atoms with van der Waals surface area (Å²) in [4.78, 5) is 16.0. The van der Waals surface area contributed by atoms with Crippen molar-refractivity contribution in [1.82, 2.24) is 10.3 Å². The van der Waals surface area contributed by atoms with Crippen molar-refractivity contribution < 1.29 is 9.53 Å². The van der Waals surface area contributed by atoms with Crippen molar-refractivity contribution in [3.8, 4) is 5.75 Å². The minimum absolute atomic E-state index is 0.0188. The van der Waals surface area contributed by atoms with Gasteiger partial charge in [-0.3, -0.25) is 9.78 Å². The van der Waals surface area contributed by atoms with E-state index in [1.807, 2.05) is 18.2 Å². The van der Waals surface area contributed by atoms with Crippen LogP contribution >= 0.6 is 15.9 Å². The number of benzene rings is 1. The van der Waals surface area contributed by atoms with Crippen LogP contribution in [0.5, 0.6) is 5.75 Å². The quantitative estimate of drug-likeness (QED) is 0.925. The molecule has 0 atom stereocenters. The van der Waals surface area contributed by atoms with Crippen LogP contribution in [0.4, 0.5) is 0 Å². The Morgan fingerprint density at radius 1 is 1.43 bits per heavy atom. The number of ether oxygens (including phenoxy) is 1. The van der Waals surface area contributed by atoms with Gasteiger partial charge in [0.1, 0.15) is 5.75 Å². The summed E-state index contributed by atoms with van der Waals surface area (Å²) < 4.78 is 6.67. The van der Waals surface area contributed by atoms with E-state index in [-0.39, 0.29) is 5.91 Å². The lowest BCUT2D eigenvalue weighted by atomic mass is 10.1. The van der Waals surface area contributed by atoms with Crippen LogP contribution in [0.1, 0.15) is 16.7 Å². The predicted octanol–water partition coefficient (Wildman–Crippen LogP) is 2.64. The topological polar surface area (TPSA) is 51.2 Å². The van der Waals surface area contributed by atoms with E-state index < -0.39 is 0 Å². The summed E-state index contributed by atoms with van der Waals surface area (Å²) in [6.45, 7) is 1.18. The molecule has 5 heteroatoms. The molecule has 0 saturated carbocycles. The lowest BCUT2D eigenvalue weighted by molar-refractivity contribution is -0.120. The molecule has 1 amide bonds. The van der Waals surface area contributed by atoms with Crippen LogP contribution in [0.3, 0.4) is 0 Å². The standard InChI is InChI=1S/C16H15BrN2O2/c17-14-7-12-3-5-21-16(12)13(8-14)10-19-15(20)6-11-2-1-4-18-9-11/h1-2,4,7-9H,3,5-6,10H2,(H,19,20). The highest BCUT2D eigenvalue weighted by molar-refractivity contribution is 9.10. The first-order valence-corrected chi connectivity index (χ1v) is 7.61. The molecule has 108 valence electrons. The molecule has 0 fully saturated rings. The van der Waals surface area contributed by atoms with Gasteiger partial charge in [0.05, 0.1) is 13.0 Å². The van der Waals surface area contributed by atoms with Crippen LogP contribution < -0.4 is 10.1 Å². The highest BCUT2D eigenvalue weighted by atomic mass is 79.9. The van der Waals surface area contributed by atoms with Crippen LogP contribution in [-0.2, 0) is 24.2 Å².